The summed E-state index contributed by atoms with van der Waals surface area (Å²) in [7, 11) is 0. The molecule has 0 saturated heterocycles. The van der Waals surface area contributed by atoms with Crippen molar-refractivity contribution in [3.8, 4) is 0 Å². The Balaban J connectivity index is 2.31. The lowest BCUT2D eigenvalue weighted by Gasteiger charge is -2.19. The van der Waals surface area contributed by atoms with Crippen LogP contribution in [0.3, 0.4) is 0 Å². The first-order valence-electron chi connectivity index (χ1n) is 6.22. The predicted octanol–water partition coefficient (Wildman–Crippen LogP) is 2.27. The molecule has 1 N–H and O–H groups in total. The van der Waals surface area contributed by atoms with Gasteiger partial charge in [-0.05, 0) is 37.6 Å². The van der Waals surface area contributed by atoms with Gasteiger partial charge in [0.15, 0.2) is 0 Å². The van der Waals surface area contributed by atoms with Gasteiger partial charge in [-0.15, -0.1) is 0 Å². The molecule has 2 rings (SSSR count). The summed E-state index contributed by atoms with van der Waals surface area (Å²) in [4.78, 5) is 12.4. The van der Waals surface area contributed by atoms with E-state index in [0.717, 1.165) is 24.2 Å². The Bertz CT molecular complexity index is 484. The molecule has 1 unspecified atom stereocenters. The highest BCUT2D eigenvalue weighted by molar-refractivity contribution is 5.28. The van der Waals surface area contributed by atoms with Gasteiger partial charge in [-0.2, -0.15) is 0 Å². The van der Waals surface area contributed by atoms with Gasteiger partial charge in [0.05, 0.1) is 6.04 Å². The zero-order valence-electron chi connectivity index (χ0n) is 10.8. The fourth-order valence-corrected chi connectivity index (χ4v) is 1.92. The van der Waals surface area contributed by atoms with E-state index in [9.17, 15) is 0 Å². The maximum atomic E-state index is 4.24. The lowest BCUT2D eigenvalue weighted by molar-refractivity contribution is 0.594. The van der Waals surface area contributed by atoms with Crippen LogP contribution in [0.1, 0.15) is 36.2 Å². The number of rotatable bonds is 5. The molecule has 0 saturated carbocycles. The van der Waals surface area contributed by atoms with E-state index in [4.69, 9.17) is 0 Å². The van der Waals surface area contributed by atoms with Gasteiger partial charge in [-0.3, -0.25) is 4.98 Å². The summed E-state index contributed by atoms with van der Waals surface area (Å²) in [6.07, 6.45) is 8.20. The highest BCUT2D eigenvalue weighted by Gasteiger charge is 2.13. The molecular weight excluding hydrogens is 224 g/mol. The molecule has 0 fully saturated rings. The summed E-state index contributed by atoms with van der Waals surface area (Å²) in [6, 6.07) is 4.26. The summed E-state index contributed by atoms with van der Waals surface area (Å²) < 4.78 is 0. The molecule has 0 amide bonds. The number of hydrogen-bond acceptors (Lipinski definition) is 4. The minimum absolute atomic E-state index is 0.132. The van der Waals surface area contributed by atoms with Crippen LogP contribution in [0.15, 0.2) is 37.1 Å². The van der Waals surface area contributed by atoms with Crippen molar-refractivity contribution < 1.29 is 0 Å². The van der Waals surface area contributed by atoms with Gasteiger partial charge in [0.25, 0.3) is 0 Å². The molecule has 4 nitrogen and oxygen atoms in total. The Hall–Kier alpha value is -1.81. The third-order valence-electron chi connectivity index (χ3n) is 2.77. The first-order chi connectivity index (χ1) is 8.81. The fraction of sp³-hybridized carbons (Fsp3) is 0.357. The summed E-state index contributed by atoms with van der Waals surface area (Å²) in [5.74, 6) is 0. The largest absolute Gasteiger partial charge is 0.306 e. The zero-order valence-corrected chi connectivity index (χ0v) is 10.8. The van der Waals surface area contributed by atoms with Crippen LogP contribution in [-0.2, 0) is 0 Å². The molecule has 2 aromatic rings. The topological polar surface area (TPSA) is 50.7 Å². The molecular formula is C14H18N4. The quantitative estimate of drug-likeness (QED) is 0.873. The van der Waals surface area contributed by atoms with Crippen molar-refractivity contribution in [1.82, 2.24) is 20.3 Å². The Morgan fingerprint density at radius 1 is 1.22 bits per heavy atom. The number of aryl methyl sites for hydroxylation is 1. The molecule has 94 valence electrons. The molecule has 0 aliphatic carbocycles. The number of nitrogens with zero attached hydrogens (tertiary/aromatic N) is 3. The second kappa shape index (κ2) is 6.21. The summed E-state index contributed by atoms with van der Waals surface area (Å²) in [5, 5.41) is 3.52. The fourth-order valence-electron chi connectivity index (χ4n) is 1.92. The Morgan fingerprint density at radius 3 is 2.67 bits per heavy atom. The van der Waals surface area contributed by atoms with Gasteiger partial charge >= 0.3 is 0 Å². The highest BCUT2D eigenvalue weighted by Crippen LogP contribution is 2.20. The lowest BCUT2D eigenvalue weighted by atomic mass is 10.0. The Labute approximate surface area is 108 Å². The van der Waals surface area contributed by atoms with Gasteiger partial charge < -0.3 is 5.32 Å². The molecule has 18 heavy (non-hydrogen) atoms. The second-order valence-electron chi connectivity index (χ2n) is 4.29. The maximum absolute atomic E-state index is 4.24. The Morgan fingerprint density at radius 2 is 2.00 bits per heavy atom. The molecule has 0 spiro atoms. The van der Waals surface area contributed by atoms with Crippen molar-refractivity contribution in [2.45, 2.75) is 26.3 Å². The summed E-state index contributed by atoms with van der Waals surface area (Å²) >= 11 is 0. The summed E-state index contributed by atoms with van der Waals surface area (Å²) in [5.41, 5.74) is 3.30. The molecule has 1 atom stereocenters. The van der Waals surface area contributed by atoms with Gasteiger partial charge in [0, 0.05) is 29.8 Å². The van der Waals surface area contributed by atoms with Crippen LogP contribution in [0.4, 0.5) is 0 Å². The average molecular weight is 242 g/mol. The first kappa shape index (κ1) is 12.6. The van der Waals surface area contributed by atoms with Crippen molar-refractivity contribution >= 4 is 0 Å². The number of pyridine rings is 1. The molecule has 0 aromatic carbocycles. The first-order valence-corrected chi connectivity index (χ1v) is 6.22. The van der Waals surface area contributed by atoms with Crippen molar-refractivity contribution in [2.75, 3.05) is 6.54 Å². The maximum Gasteiger partial charge on any atom is 0.115 e. The van der Waals surface area contributed by atoms with E-state index in [2.05, 4.69) is 33.3 Å². The van der Waals surface area contributed by atoms with Crippen LogP contribution in [0.5, 0.6) is 0 Å². The van der Waals surface area contributed by atoms with Crippen LogP contribution in [0.25, 0.3) is 0 Å². The summed E-state index contributed by atoms with van der Waals surface area (Å²) in [6.45, 7) is 5.12. The molecule has 2 heterocycles. The molecule has 4 heteroatoms. The number of nitrogens with one attached hydrogen (secondary N) is 1. The predicted molar refractivity (Wildman–Crippen MR) is 71.1 cm³/mol. The van der Waals surface area contributed by atoms with Gasteiger partial charge in [0.1, 0.15) is 6.33 Å². The normalized spacial score (nSPS) is 12.3. The van der Waals surface area contributed by atoms with Gasteiger partial charge in [-0.1, -0.05) is 6.92 Å². The van der Waals surface area contributed by atoms with Crippen LogP contribution in [0, 0.1) is 6.92 Å². The van der Waals surface area contributed by atoms with E-state index < -0.39 is 0 Å². The van der Waals surface area contributed by atoms with Crippen molar-refractivity contribution in [3.05, 3.63) is 53.9 Å². The monoisotopic (exact) mass is 242 g/mol. The highest BCUT2D eigenvalue weighted by atomic mass is 14.9. The van der Waals surface area contributed by atoms with Crippen molar-refractivity contribution in [1.29, 1.82) is 0 Å². The molecule has 2 aromatic heterocycles. The van der Waals surface area contributed by atoms with Crippen LogP contribution < -0.4 is 5.32 Å². The minimum atomic E-state index is 0.132. The van der Waals surface area contributed by atoms with E-state index in [0.29, 0.717) is 0 Å². The van der Waals surface area contributed by atoms with E-state index in [-0.39, 0.29) is 6.04 Å². The number of aromatic nitrogens is 3. The van der Waals surface area contributed by atoms with E-state index in [1.54, 1.807) is 6.33 Å². The second-order valence-corrected chi connectivity index (χ2v) is 4.29. The molecule has 0 radical (unpaired) electrons. The van der Waals surface area contributed by atoms with Crippen LogP contribution in [-0.4, -0.2) is 21.5 Å². The third-order valence-corrected chi connectivity index (χ3v) is 2.77. The molecule has 0 aliphatic heterocycles. The van der Waals surface area contributed by atoms with E-state index in [1.165, 1.54) is 5.56 Å². The van der Waals surface area contributed by atoms with Gasteiger partial charge in [-0.25, -0.2) is 9.97 Å². The standard InChI is InChI=1S/C14H18N4/c1-3-5-18-14(13-8-15-10-16-9-13)12-4-6-17-11(2)7-12/h4,6-10,14,18H,3,5H2,1-2H3. The molecule has 0 aliphatic rings. The Kier molecular flexibility index (Phi) is 4.36. The van der Waals surface area contributed by atoms with Crippen molar-refractivity contribution in [2.24, 2.45) is 0 Å². The van der Waals surface area contributed by atoms with Gasteiger partial charge in [0.2, 0.25) is 0 Å². The zero-order chi connectivity index (χ0) is 12.8. The van der Waals surface area contributed by atoms with Crippen molar-refractivity contribution in [3.63, 3.8) is 0 Å². The van der Waals surface area contributed by atoms with Crippen LogP contribution >= 0.6 is 0 Å². The SMILES string of the molecule is CCCNC(c1cncnc1)c1ccnc(C)c1. The van der Waals surface area contributed by atoms with E-state index >= 15 is 0 Å². The minimum Gasteiger partial charge on any atom is -0.306 e. The molecule has 0 bridgehead atoms. The van der Waals surface area contributed by atoms with E-state index in [1.807, 2.05) is 31.6 Å². The smallest absolute Gasteiger partial charge is 0.115 e. The lowest BCUT2D eigenvalue weighted by Crippen LogP contribution is -2.23. The number of hydrogen-bond donors (Lipinski definition) is 1. The van der Waals surface area contributed by atoms with Crippen LogP contribution in [0.2, 0.25) is 0 Å². The average Bonchev–Trinajstić information content (AvgIpc) is 2.40. The third kappa shape index (κ3) is 3.11.